The molecule has 2 rings (SSSR count). The fourth-order valence-electron chi connectivity index (χ4n) is 2.82. The quantitative estimate of drug-likeness (QED) is 0.643. The van der Waals surface area contributed by atoms with Crippen LogP contribution in [0.1, 0.15) is 25.7 Å². The molecule has 0 unspecified atom stereocenters. The van der Waals surface area contributed by atoms with Gasteiger partial charge in [-0.3, -0.25) is 4.79 Å². The molecule has 4 N–H and O–H groups in total. The molecule has 0 aromatic carbocycles. The first-order chi connectivity index (χ1) is 8.68. The van der Waals surface area contributed by atoms with E-state index in [4.69, 9.17) is 5.73 Å². The van der Waals surface area contributed by atoms with E-state index in [2.05, 4.69) is 10.6 Å². The van der Waals surface area contributed by atoms with E-state index in [0.717, 1.165) is 45.3 Å². The Bertz CT molecular complexity index is 315. The molecule has 2 aliphatic heterocycles. The van der Waals surface area contributed by atoms with E-state index in [-0.39, 0.29) is 17.9 Å². The lowest BCUT2D eigenvalue weighted by molar-refractivity contribution is -0.138. The normalized spacial score (nSPS) is 28.1. The lowest BCUT2D eigenvalue weighted by Gasteiger charge is -2.37. The molecule has 0 saturated carbocycles. The SMILES string of the molecule is NC(=O)NC[C@@H]1CCCCN1C(=O)[C@H]1CCNC1. The second-order valence-corrected chi connectivity index (χ2v) is 5.12. The van der Waals surface area contributed by atoms with Crippen molar-refractivity contribution in [3.05, 3.63) is 0 Å². The van der Waals surface area contributed by atoms with Crippen LogP contribution in [0, 0.1) is 5.92 Å². The monoisotopic (exact) mass is 254 g/mol. The van der Waals surface area contributed by atoms with Crippen LogP contribution in [0.4, 0.5) is 4.79 Å². The minimum absolute atomic E-state index is 0.110. The van der Waals surface area contributed by atoms with Crippen LogP contribution in [0.25, 0.3) is 0 Å². The summed E-state index contributed by atoms with van der Waals surface area (Å²) in [5.74, 6) is 0.343. The van der Waals surface area contributed by atoms with Gasteiger partial charge < -0.3 is 21.3 Å². The van der Waals surface area contributed by atoms with Gasteiger partial charge in [0.15, 0.2) is 0 Å². The first-order valence-electron chi connectivity index (χ1n) is 6.73. The van der Waals surface area contributed by atoms with Gasteiger partial charge in [0, 0.05) is 25.7 Å². The number of piperidine rings is 1. The fourth-order valence-corrected chi connectivity index (χ4v) is 2.82. The van der Waals surface area contributed by atoms with Crippen LogP contribution in [0.2, 0.25) is 0 Å². The number of rotatable bonds is 3. The molecule has 2 saturated heterocycles. The maximum absolute atomic E-state index is 12.4. The molecule has 2 heterocycles. The van der Waals surface area contributed by atoms with E-state index in [0.29, 0.717) is 6.54 Å². The third-order valence-corrected chi connectivity index (χ3v) is 3.83. The molecule has 3 amide bonds. The van der Waals surface area contributed by atoms with Crippen LogP contribution < -0.4 is 16.4 Å². The number of primary amides is 1. The van der Waals surface area contributed by atoms with Crippen molar-refractivity contribution in [1.82, 2.24) is 15.5 Å². The Morgan fingerprint density at radius 2 is 2.17 bits per heavy atom. The third-order valence-electron chi connectivity index (χ3n) is 3.83. The molecule has 6 heteroatoms. The Kier molecular flexibility index (Phi) is 4.41. The van der Waals surface area contributed by atoms with Crippen molar-refractivity contribution >= 4 is 11.9 Å². The largest absolute Gasteiger partial charge is 0.352 e. The van der Waals surface area contributed by atoms with Crippen molar-refractivity contribution in [2.45, 2.75) is 31.7 Å². The highest BCUT2D eigenvalue weighted by molar-refractivity contribution is 5.80. The lowest BCUT2D eigenvalue weighted by atomic mass is 9.98. The van der Waals surface area contributed by atoms with Crippen molar-refractivity contribution in [2.24, 2.45) is 11.7 Å². The standard InChI is InChI=1S/C12H22N4O2/c13-12(18)15-8-10-3-1-2-6-16(10)11(17)9-4-5-14-7-9/h9-10,14H,1-8H2,(H3,13,15,18)/t9-,10-/m0/s1. The molecule has 18 heavy (non-hydrogen) atoms. The van der Waals surface area contributed by atoms with Gasteiger partial charge in [-0.1, -0.05) is 0 Å². The second kappa shape index (κ2) is 6.04. The smallest absolute Gasteiger partial charge is 0.312 e. The Labute approximate surface area is 107 Å². The van der Waals surface area contributed by atoms with Crippen molar-refractivity contribution in [1.29, 1.82) is 0 Å². The number of likely N-dealkylation sites (tertiary alicyclic amines) is 1. The summed E-state index contributed by atoms with van der Waals surface area (Å²) < 4.78 is 0. The molecular weight excluding hydrogens is 232 g/mol. The molecule has 102 valence electrons. The minimum Gasteiger partial charge on any atom is -0.352 e. The first kappa shape index (κ1) is 13.1. The molecule has 2 aliphatic rings. The van der Waals surface area contributed by atoms with Crippen LogP contribution in [0.3, 0.4) is 0 Å². The van der Waals surface area contributed by atoms with Crippen LogP contribution in [0.5, 0.6) is 0 Å². The molecule has 0 aliphatic carbocycles. The summed E-state index contributed by atoms with van der Waals surface area (Å²) in [6.45, 7) is 2.99. The summed E-state index contributed by atoms with van der Waals surface area (Å²) >= 11 is 0. The minimum atomic E-state index is -0.518. The van der Waals surface area contributed by atoms with Gasteiger partial charge in [0.05, 0.1) is 5.92 Å². The predicted octanol–water partition coefficient (Wildman–Crippen LogP) is -0.355. The number of hydrogen-bond donors (Lipinski definition) is 3. The van der Waals surface area contributed by atoms with Gasteiger partial charge in [-0.05, 0) is 32.2 Å². The lowest BCUT2D eigenvalue weighted by Crippen LogP contribution is -2.52. The summed E-state index contributed by atoms with van der Waals surface area (Å²) in [6.07, 6.45) is 4.04. The number of nitrogens with two attached hydrogens (primary N) is 1. The Morgan fingerprint density at radius 3 is 2.83 bits per heavy atom. The zero-order chi connectivity index (χ0) is 13.0. The van der Waals surface area contributed by atoms with E-state index < -0.39 is 6.03 Å². The van der Waals surface area contributed by atoms with Gasteiger partial charge in [-0.15, -0.1) is 0 Å². The molecule has 0 aromatic rings. The molecule has 2 atom stereocenters. The van der Waals surface area contributed by atoms with Gasteiger partial charge in [0.1, 0.15) is 0 Å². The van der Waals surface area contributed by atoms with Crippen molar-refractivity contribution < 1.29 is 9.59 Å². The summed E-state index contributed by atoms with van der Waals surface area (Å²) in [6, 6.07) is -0.408. The van der Waals surface area contributed by atoms with Crippen LogP contribution in [-0.4, -0.2) is 49.1 Å². The first-order valence-corrected chi connectivity index (χ1v) is 6.73. The van der Waals surface area contributed by atoms with Crippen LogP contribution in [-0.2, 0) is 4.79 Å². The van der Waals surface area contributed by atoms with E-state index >= 15 is 0 Å². The highest BCUT2D eigenvalue weighted by Crippen LogP contribution is 2.21. The van der Waals surface area contributed by atoms with E-state index in [1.54, 1.807) is 0 Å². The second-order valence-electron chi connectivity index (χ2n) is 5.12. The molecule has 6 nitrogen and oxygen atoms in total. The van der Waals surface area contributed by atoms with E-state index in [1.807, 2.05) is 4.90 Å². The zero-order valence-corrected chi connectivity index (χ0v) is 10.7. The topological polar surface area (TPSA) is 87.5 Å². The molecule has 0 spiro atoms. The van der Waals surface area contributed by atoms with Gasteiger partial charge in [0.25, 0.3) is 0 Å². The Hall–Kier alpha value is -1.30. The van der Waals surface area contributed by atoms with E-state index in [1.165, 1.54) is 0 Å². The van der Waals surface area contributed by atoms with Gasteiger partial charge in [0.2, 0.25) is 5.91 Å². The van der Waals surface area contributed by atoms with Gasteiger partial charge in [-0.25, -0.2) is 4.79 Å². The molecular formula is C12H22N4O2. The molecule has 0 aromatic heterocycles. The number of carbonyl (C=O) groups excluding carboxylic acids is 2. The number of urea groups is 1. The molecule has 0 bridgehead atoms. The van der Waals surface area contributed by atoms with Gasteiger partial charge >= 0.3 is 6.03 Å². The van der Waals surface area contributed by atoms with Crippen LogP contribution >= 0.6 is 0 Å². The number of nitrogens with one attached hydrogen (secondary N) is 2. The van der Waals surface area contributed by atoms with Crippen molar-refractivity contribution in [3.63, 3.8) is 0 Å². The predicted molar refractivity (Wildman–Crippen MR) is 67.9 cm³/mol. The van der Waals surface area contributed by atoms with E-state index in [9.17, 15) is 9.59 Å². The van der Waals surface area contributed by atoms with Crippen molar-refractivity contribution in [3.8, 4) is 0 Å². The summed E-state index contributed by atoms with van der Waals surface area (Å²) in [5, 5.41) is 5.84. The average Bonchev–Trinajstić information content (AvgIpc) is 2.89. The summed E-state index contributed by atoms with van der Waals surface area (Å²) in [7, 11) is 0. The highest BCUT2D eigenvalue weighted by atomic mass is 16.2. The number of hydrogen-bond acceptors (Lipinski definition) is 3. The molecule has 0 radical (unpaired) electrons. The third kappa shape index (κ3) is 3.13. The summed E-state index contributed by atoms with van der Waals surface area (Å²) in [5.41, 5.74) is 5.09. The summed E-state index contributed by atoms with van der Waals surface area (Å²) in [4.78, 5) is 25.1. The van der Waals surface area contributed by atoms with Crippen molar-refractivity contribution in [2.75, 3.05) is 26.2 Å². The maximum Gasteiger partial charge on any atom is 0.312 e. The maximum atomic E-state index is 12.4. The zero-order valence-electron chi connectivity index (χ0n) is 10.7. The van der Waals surface area contributed by atoms with Gasteiger partial charge in [-0.2, -0.15) is 0 Å². The highest BCUT2D eigenvalue weighted by Gasteiger charge is 2.32. The Morgan fingerprint density at radius 1 is 1.33 bits per heavy atom. The average molecular weight is 254 g/mol. The number of carbonyl (C=O) groups is 2. The van der Waals surface area contributed by atoms with Crippen LogP contribution in [0.15, 0.2) is 0 Å². The fraction of sp³-hybridized carbons (Fsp3) is 0.833. The molecule has 2 fully saturated rings. The Balaban J connectivity index is 1.93. The number of amides is 3. The number of nitrogens with zero attached hydrogens (tertiary/aromatic N) is 1.